The number of sulfonamides is 1. The zero-order chi connectivity index (χ0) is 21.0. The number of allylic oxidation sites excluding steroid dienone is 1. The van der Waals surface area contributed by atoms with Crippen LogP contribution in [0.15, 0.2) is 78.0 Å². The number of nitrogens with zero attached hydrogens (tertiary/aromatic N) is 3. The summed E-state index contributed by atoms with van der Waals surface area (Å²) >= 11 is 0. The first-order chi connectivity index (χ1) is 14.5. The Bertz CT molecular complexity index is 1140. The second-order valence-electron chi connectivity index (χ2n) is 7.24. The summed E-state index contributed by atoms with van der Waals surface area (Å²) in [4.78, 5) is 12.7. The van der Waals surface area contributed by atoms with Crippen molar-refractivity contribution in [3.63, 3.8) is 0 Å². The monoisotopic (exact) mass is 421 g/mol. The molecule has 30 heavy (non-hydrogen) atoms. The van der Waals surface area contributed by atoms with Gasteiger partial charge in [0.25, 0.3) is 0 Å². The number of hydrogen-bond acceptors (Lipinski definition) is 4. The molecule has 0 saturated carbocycles. The Morgan fingerprint density at radius 3 is 2.33 bits per heavy atom. The maximum absolute atomic E-state index is 12.7. The summed E-state index contributed by atoms with van der Waals surface area (Å²) in [6.07, 6.45) is 9.55. The molecule has 7 heteroatoms. The molecule has 0 unspecified atom stereocenters. The van der Waals surface area contributed by atoms with Crippen molar-refractivity contribution in [2.24, 2.45) is 0 Å². The Morgan fingerprint density at radius 1 is 0.933 bits per heavy atom. The highest BCUT2D eigenvalue weighted by atomic mass is 32.2. The summed E-state index contributed by atoms with van der Waals surface area (Å²) < 4.78 is 28.7. The van der Waals surface area contributed by atoms with Crippen LogP contribution in [0, 0.1) is 0 Å². The summed E-state index contributed by atoms with van der Waals surface area (Å²) in [7, 11) is -3.49. The van der Waals surface area contributed by atoms with E-state index in [0.717, 1.165) is 30.5 Å². The first kappa shape index (κ1) is 20.3. The van der Waals surface area contributed by atoms with Gasteiger partial charge in [0.05, 0.1) is 16.8 Å². The minimum atomic E-state index is -3.49. The smallest absolute Gasteiger partial charge is 0.243 e. The normalized spacial score (nSPS) is 15.5. The molecule has 1 aromatic heterocycles. The third-order valence-corrected chi connectivity index (χ3v) is 7.05. The minimum absolute atomic E-state index is 0.190. The lowest BCUT2D eigenvalue weighted by Gasteiger charge is -2.25. The van der Waals surface area contributed by atoms with Crippen molar-refractivity contribution in [2.45, 2.75) is 24.2 Å². The highest BCUT2D eigenvalue weighted by Crippen LogP contribution is 2.21. The second kappa shape index (κ2) is 8.77. The third kappa shape index (κ3) is 4.42. The van der Waals surface area contributed by atoms with Crippen LogP contribution in [-0.4, -0.2) is 41.4 Å². The van der Waals surface area contributed by atoms with Crippen LogP contribution in [0.3, 0.4) is 0 Å². The zero-order valence-electron chi connectivity index (χ0n) is 16.5. The number of carbonyl (C=O) groups is 1. The number of rotatable bonds is 6. The van der Waals surface area contributed by atoms with Crippen molar-refractivity contribution in [1.82, 2.24) is 14.1 Å². The molecule has 1 aliphatic rings. The average molecular weight is 422 g/mol. The quantitative estimate of drug-likeness (QED) is 0.446. The van der Waals surface area contributed by atoms with Crippen LogP contribution < -0.4 is 0 Å². The van der Waals surface area contributed by atoms with E-state index >= 15 is 0 Å². The third-order valence-electron chi connectivity index (χ3n) is 5.14. The SMILES string of the molecule is O=C(/C=C/c1cnn(-c2ccccc2)c1)c1ccc(S(=O)(=O)N2CCCCC2)cc1. The largest absolute Gasteiger partial charge is 0.289 e. The zero-order valence-corrected chi connectivity index (χ0v) is 17.3. The van der Waals surface area contributed by atoms with Gasteiger partial charge < -0.3 is 0 Å². The molecule has 0 bridgehead atoms. The van der Waals surface area contributed by atoms with E-state index in [4.69, 9.17) is 0 Å². The molecule has 0 atom stereocenters. The Kier molecular flexibility index (Phi) is 5.92. The Labute approximate surface area is 176 Å². The number of piperidine rings is 1. The van der Waals surface area contributed by atoms with Crippen molar-refractivity contribution >= 4 is 21.9 Å². The molecule has 6 nitrogen and oxygen atoms in total. The summed E-state index contributed by atoms with van der Waals surface area (Å²) in [5, 5.41) is 4.30. The fourth-order valence-corrected chi connectivity index (χ4v) is 4.98. The van der Waals surface area contributed by atoms with Crippen molar-refractivity contribution in [3.8, 4) is 5.69 Å². The highest BCUT2D eigenvalue weighted by molar-refractivity contribution is 7.89. The van der Waals surface area contributed by atoms with E-state index in [1.807, 2.05) is 36.5 Å². The van der Waals surface area contributed by atoms with Gasteiger partial charge in [0.2, 0.25) is 10.0 Å². The highest BCUT2D eigenvalue weighted by Gasteiger charge is 2.25. The maximum Gasteiger partial charge on any atom is 0.243 e. The molecule has 0 spiro atoms. The molecule has 0 amide bonds. The lowest BCUT2D eigenvalue weighted by molar-refractivity contribution is 0.104. The van der Waals surface area contributed by atoms with Gasteiger partial charge in [0.1, 0.15) is 0 Å². The van der Waals surface area contributed by atoms with Gasteiger partial charge >= 0.3 is 0 Å². The van der Waals surface area contributed by atoms with Gasteiger partial charge in [0, 0.05) is 30.4 Å². The number of carbonyl (C=O) groups excluding carboxylic acids is 1. The topological polar surface area (TPSA) is 72.3 Å². The van der Waals surface area contributed by atoms with Crippen molar-refractivity contribution < 1.29 is 13.2 Å². The molecule has 0 N–H and O–H groups in total. The van der Waals surface area contributed by atoms with Crippen molar-refractivity contribution in [1.29, 1.82) is 0 Å². The molecule has 4 rings (SSSR count). The van der Waals surface area contributed by atoms with E-state index < -0.39 is 10.0 Å². The van der Waals surface area contributed by atoms with Gasteiger partial charge in [-0.3, -0.25) is 4.79 Å². The van der Waals surface area contributed by atoms with Crippen molar-refractivity contribution in [2.75, 3.05) is 13.1 Å². The molecule has 0 aliphatic carbocycles. The summed E-state index contributed by atoms with van der Waals surface area (Å²) in [5.74, 6) is -0.190. The predicted molar refractivity (Wildman–Crippen MR) is 116 cm³/mol. The number of hydrogen-bond donors (Lipinski definition) is 0. The van der Waals surface area contributed by atoms with Gasteiger partial charge in [-0.25, -0.2) is 13.1 Å². The number of ketones is 1. The molecule has 1 fully saturated rings. The van der Waals surface area contributed by atoms with Gasteiger partial charge in [0.15, 0.2) is 5.78 Å². The first-order valence-electron chi connectivity index (χ1n) is 9.97. The number of benzene rings is 2. The van der Waals surface area contributed by atoms with Gasteiger partial charge in [-0.2, -0.15) is 9.40 Å². The van der Waals surface area contributed by atoms with Crippen LogP contribution in [0.4, 0.5) is 0 Å². The van der Waals surface area contributed by atoms with Crippen LogP contribution in [0.2, 0.25) is 0 Å². The molecule has 3 aromatic rings. The van der Waals surface area contributed by atoms with Crippen LogP contribution in [-0.2, 0) is 10.0 Å². The Balaban J connectivity index is 1.45. The summed E-state index contributed by atoms with van der Waals surface area (Å²) in [6.45, 7) is 1.12. The first-order valence-corrected chi connectivity index (χ1v) is 11.4. The van der Waals surface area contributed by atoms with Gasteiger partial charge in [-0.1, -0.05) is 24.6 Å². The number of para-hydroxylation sites is 1. The van der Waals surface area contributed by atoms with E-state index in [1.54, 1.807) is 29.1 Å². The number of aromatic nitrogens is 2. The van der Waals surface area contributed by atoms with Gasteiger partial charge in [-0.05, 0) is 61.4 Å². The minimum Gasteiger partial charge on any atom is -0.289 e. The van der Waals surface area contributed by atoms with E-state index in [0.29, 0.717) is 18.7 Å². The summed E-state index contributed by atoms with van der Waals surface area (Å²) in [6, 6.07) is 15.9. The van der Waals surface area contributed by atoms with Crippen LogP contribution in [0.1, 0.15) is 35.2 Å². The molecule has 0 radical (unpaired) electrons. The van der Waals surface area contributed by atoms with Crippen LogP contribution in [0.25, 0.3) is 11.8 Å². The molecular formula is C23H23N3O3S. The standard InChI is InChI=1S/C23H23N3O3S/c27-23(14-9-19-17-24-26(18-19)21-7-3-1-4-8-21)20-10-12-22(13-11-20)30(28,29)25-15-5-2-6-16-25/h1,3-4,7-14,17-18H,2,5-6,15-16H2/b14-9+. The molecule has 2 heterocycles. The summed E-state index contributed by atoms with van der Waals surface area (Å²) in [5.41, 5.74) is 2.18. The van der Waals surface area contributed by atoms with E-state index in [1.165, 1.54) is 22.5 Å². The predicted octanol–water partition coefficient (Wildman–Crippen LogP) is 3.94. The van der Waals surface area contributed by atoms with Crippen LogP contribution in [0.5, 0.6) is 0 Å². The van der Waals surface area contributed by atoms with E-state index in [-0.39, 0.29) is 10.7 Å². The second-order valence-corrected chi connectivity index (χ2v) is 9.18. The molecule has 154 valence electrons. The molecule has 1 saturated heterocycles. The Morgan fingerprint density at radius 2 is 1.63 bits per heavy atom. The van der Waals surface area contributed by atoms with E-state index in [9.17, 15) is 13.2 Å². The van der Waals surface area contributed by atoms with Gasteiger partial charge in [-0.15, -0.1) is 0 Å². The average Bonchev–Trinajstić information content (AvgIpc) is 3.28. The fourth-order valence-electron chi connectivity index (χ4n) is 3.46. The molecule has 1 aliphatic heterocycles. The van der Waals surface area contributed by atoms with E-state index in [2.05, 4.69) is 5.10 Å². The molecular weight excluding hydrogens is 398 g/mol. The maximum atomic E-state index is 12.7. The fraction of sp³-hybridized carbons (Fsp3) is 0.217. The van der Waals surface area contributed by atoms with Crippen molar-refractivity contribution in [3.05, 3.63) is 84.2 Å². The lowest BCUT2D eigenvalue weighted by atomic mass is 10.1. The Hall–Kier alpha value is -3.03. The lowest BCUT2D eigenvalue weighted by Crippen LogP contribution is -2.35. The molecule has 2 aromatic carbocycles. The van der Waals surface area contributed by atoms with Crippen LogP contribution >= 0.6 is 0 Å².